The number of amides is 1. The number of rotatable bonds is 6. The summed E-state index contributed by atoms with van der Waals surface area (Å²) in [6.07, 6.45) is 0.237. The summed E-state index contributed by atoms with van der Waals surface area (Å²) in [5.74, 6) is 0.612. The van der Waals surface area contributed by atoms with Gasteiger partial charge >= 0.3 is 0 Å². The van der Waals surface area contributed by atoms with E-state index in [0.717, 1.165) is 28.9 Å². The van der Waals surface area contributed by atoms with Crippen molar-refractivity contribution in [1.82, 2.24) is 5.32 Å². The van der Waals surface area contributed by atoms with Gasteiger partial charge in [-0.3, -0.25) is 4.79 Å². The van der Waals surface area contributed by atoms with E-state index in [1.54, 1.807) is 6.92 Å². The van der Waals surface area contributed by atoms with Crippen molar-refractivity contribution in [2.45, 2.75) is 33.3 Å². The van der Waals surface area contributed by atoms with Crippen molar-refractivity contribution in [1.29, 1.82) is 0 Å². The molecule has 0 saturated carbocycles. The second kappa shape index (κ2) is 8.02. The fourth-order valence-corrected chi connectivity index (χ4v) is 2.51. The van der Waals surface area contributed by atoms with E-state index in [9.17, 15) is 4.79 Å². The molecule has 2 aromatic carbocycles. The van der Waals surface area contributed by atoms with Crippen LogP contribution in [0.4, 0.5) is 0 Å². The van der Waals surface area contributed by atoms with Gasteiger partial charge in [0.1, 0.15) is 5.75 Å². The van der Waals surface area contributed by atoms with E-state index in [1.165, 1.54) is 0 Å². The zero-order valence-corrected chi connectivity index (χ0v) is 14.5. The zero-order chi connectivity index (χ0) is 16.8. The number of ether oxygens (including phenoxy) is 1. The van der Waals surface area contributed by atoms with Crippen LogP contribution in [-0.2, 0) is 11.2 Å². The Morgan fingerprint density at radius 3 is 2.35 bits per heavy atom. The highest BCUT2D eigenvalue weighted by Crippen LogP contribution is 2.17. The Labute approximate surface area is 142 Å². The fourth-order valence-electron chi connectivity index (χ4n) is 2.38. The lowest BCUT2D eigenvalue weighted by atomic mass is 10.1. The monoisotopic (exact) mass is 331 g/mol. The molecular weight excluding hydrogens is 310 g/mol. The van der Waals surface area contributed by atoms with Gasteiger partial charge < -0.3 is 10.1 Å². The van der Waals surface area contributed by atoms with Gasteiger partial charge in [0, 0.05) is 11.6 Å². The van der Waals surface area contributed by atoms with Crippen molar-refractivity contribution < 1.29 is 9.53 Å². The second-order valence-electron chi connectivity index (χ2n) is 5.75. The molecule has 2 aromatic rings. The number of aryl methyl sites for hydroxylation is 2. The first-order valence-electron chi connectivity index (χ1n) is 7.71. The molecule has 0 aliphatic heterocycles. The van der Waals surface area contributed by atoms with Crippen LogP contribution in [0.15, 0.2) is 42.5 Å². The van der Waals surface area contributed by atoms with E-state index in [0.29, 0.717) is 11.6 Å². The Kier molecular flexibility index (Phi) is 6.05. The molecule has 1 amide bonds. The van der Waals surface area contributed by atoms with Crippen LogP contribution in [0.25, 0.3) is 0 Å². The standard InChI is InChI=1S/C19H22ClNO2/c1-13-10-14(2)12-18(11-13)23-15(3)19(22)21-9-8-16-4-6-17(20)7-5-16/h4-7,10-12,15H,8-9H2,1-3H3,(H,21,22). The molecule has 0 radical (unpaired) electrons. The molecule has 23 heavy (non-hydrogen) atoms. The van der Waals surface area contributed by atoms with E-state index in [2.05, 4.69) is 11.4 Å². The molecule has 0 saturated heterocycles. The van der Waals surface area contributed by atoms with Gasteiger partial charge in [0.15, 0.2) is 6.10 Å². The molecule has 0 heterocycles. The number of carbonyl (C=O) groups is 1. The first-order chi connectivity index (χ1) is 10.9. The summed E-state index contributed by atoms with van der Waals surface area (Å²) in [5.41, 5.74) is 3.38. The van der Waals surface area contributed by atoms with Crippen LogP contribution >= 0.6 is 11.6 Å². The second-order valence-corrected chi connectivity index (χ2v) is 6.19. The van der Waals surface area contributed by atoms with Crippen LogP contribution < -0.4 is 10.1 Å². The van der Waals surface area contributed by atoms with Crippen LogP contribution in [-0.4, -0.2) is 18.6 Å². The predicted molar refractivity (Wildman–Crippen MR) is 94.2 cm³/mol. The van der Waals surface area contributed by atoms with Gasteiger partial charge in [0.25, 0.3) is 5.91 Å². The fraction of sp³-hybridized carbons (Fsp3) is 0.316. The maximum atomic E-state index is 12.1. The summed E-state index contributed by atoms with van der Waals surface area (Å²) in [5, 5.41) is 3.61. The Morgan fingerprint density at radius 2 is 1.74 bits per heavy atom. The van der Waals surface area contributed by atoms with Crippen molar-refractivity contribution in [3.63, 3.8) is 0 Å². The lowest BCUT2D eigenvalue weighted by molar-refractivity contribution is -0.127. The van der Waals surface area contributed by atoms with E-state index in [-0.39, 0.29) is 5.91 Å². The van der Waals surface area contributed by atoms with Gasteiger partial charge in [-0.1, -0.05) is 29.8 Å². The summed E-state index contributed by atoms with van der Waals surface area (Å²) >= 11 is 5.85. The Bertz CT molecular complexity index is 647. The lowest BCUT2D eigenvalue weighted by Crippen LogP contribution is -2.37. The largest absolute Gasteiger partial charge is 0.481 e. The molecule has 1 unspecified atom stereocenters. The number of hydrogen-bond donors (Lipinski definition) is 1. The van der Waals surface area contributed by atoms with Gasteiger partial charge in [0.05, 0.1) is 0 Å². The molecule has 4 heteroatoms. The van der Waals surface area contributed by atoms with Gasteiger partial charge in [-0.15, -0.1) is 0 Å². The number of hydrogen-bond acceptors (Lipinski definition) is 2. The minimum atomic E-state index is -0.526. The van der Waals surface area contributed by atoms with Crippen molar-refractivity contribution in [2.75, 3.05) is 6.54 Å². The Hall–Kier alpha value is -2.00. The van der Waals surface area contributed by atoms with Crippen molar-refractivity contribution >= 4 is 17.5 Å². The smallest absolute Gasteiger partial charge is 0.260 e. The molecule has 1 N–H and O–H groups in total. The summed E-state index contributed by atoms with van der Waals surface area (Å²) in [4.78, 5) is 12.1. The van der Waals surface area contributed by atoms with Gasteiger partial charge in [0.2, 0.25) is 0 Å². The first-order valence-corrected chi connectivity index (χ1v) is 8.09. The van der Waals surface area contributed by atoms with E-state index in [1.807, 2.05) is 50.2 Å². The van der Waals surface area contributed by atoms with Gasteiger partial charge in [-0.25, -0.2) is 0 Å². The van der Waals surface area contributed by atoms with E-state index in [4.69, 9.17) is 16.3 Å². The third-order valence-corrected chi connectivity index (χ3v) is 3.76. The molecule has 1 atom stereocenters. The topological polar surface area (TPSA) is 38.3 Å². The third-order valence-electron chi connectivity index (χ3n) is 3.50. The van der Waals surface area contributed by atoms with Crippen LogP contribution in [0.5, 0.6) is 5.75 Å². The summed E-state index contributed by atoms with van der Waals surface area (Å²) in [6, 6.07) is 13.6. The maximum absolute atomic E-state index is 12.1. The first kappa shape index (κ1) is 17.4. The number of halogens is 1. The van der Waals surface area contributed by atoms with Crippen molar-refractivity contribution in [3.05, 3.63) is 64.2 Å². The number of nitrogens with one attached hydrogen (secondary N) is 1. The Morgan fingerprint density at radius 1 is 1.13 bits per heavy atom. The highest BCUT2D eigenvalue weighted by atomic mass is 35.5. The molecule has 2 rings (SSSR count). The molecule has 0 bridgehead atoms. The molecule has 0 aliphatic carbocycles. The maximum Gasteiger partial charge on any atom is 0.260 e. The highest BCUT2D eigenvalue weighted by molar-refractivity contribution is 6.30. The minimum absolute atomic E-state index is 0.113. The molecule has 3 nitrogen and oxygen atoms in total. The summed E-state index contributed by atoms with van der Waals surface area (Å²) < 4.78 is 5.73. The van der Waals surface area contributed by atoms with Gasteiger partial charge in [-0.2, -0.15) is 0 Å². The Balaban J connectivity index is 1.81. The van der Waals surface area contributed by atoms with Crippen LogP contribution in [0, 0.1) is 13.8 Å². The van der Waals surface area contributed by atoms with Crippen molar-refractivity contribution in [2.24, 2.45) is 0 Å². The van der Waals surface area contributed by atoms with Crippen LogP contribution in [0.1, 0.15) is 23.6 Å². The van der Waals surface area contributed by atoms with Crippen LogP contribution in [0.3, 0.4) is 0 Å². The summed E-state index contributed by atoms with van der Waals surface area (Å²) in [7, 11) is 0. The summed E-state index contributed by atoms with van der Waals surface area (Å²) in [6.45, 7) is 6.35. The molecule has 0 fully saturated rings. The van der Waals surface area contributed by atoms with Crippen molar-refractivity contribution in [3.8, 4) is 5.75 Å². The molecule has 0 spiro atoms. The average molecular weight is 332 g/mol. The van der Waals surface area contributed by atoms with E-state index < -0.39 is 6.10 Å². The molecular formula is C19H22ClNO2. The minimum Gasteiger partial charge on any atom is -0.481 e. The van der Waals surface area contributed by atoms with Gasteiger partial charge in [-0.05, 0) is 68.1 Å². The quantitative estimate of drug-likeness (QED) is 0.866. The zero-order valence-electron chi connectivity index (χ0n) is 13.7. The molecule has 0 aliphatic rings. The third kappa shape index (κ3) is 5.61. The highest BCUT2D eigenvalue weighted by Gasteiger charge is 2.14. The SMILES string of the molecule is Cc1cc(C)cc(OC(C)C(=O)NCCc2ccc(Cl)cc2)c1. The van der Waals surface area contributed by atoms with Crippen LogP contribution in [0.2, 0.25) is 5.02 Å². The van der Waals surface area contributed by atoms with E-state index >= 15 is 0 Å². The average Bonchev–Trinajstić information content (AvgIpc) is 2.48. The normalized spacial score (nSPS) is 11.8. The number of benzene rings is 2. The lowest BCUT2D eigenvalue weighted by Gasteiger charge is -2.15. The molecule has 0 aromatic heterocycles. The predicted octanol–water partition coefficient (Wildman–Crippen LogP) is 4.08. The molecule has 122 valence electrons. The number of carbonyl (C=O) groups excluding carboxylic acids is 1.